The zero-order chi connectivity index (χ0) is 20.5. The summed E-state index contributed by atoms with van der Waals surface area (Å²) in [5.74, 6) is -2.46. The van der Waals surface area contributed by atoms with E-state index in [4.69, 9.17) is 23.7 Å². The number of esters is 1. The van der Waals surface area contributed by atoms with E-state index < -0.39 is 35.8 Å². The van der Waals surface area contributed by atoms with Gasteiger partial charge in [-0.1, -0.05) is 0 Å². The van der Waals surface area contributed by atoms with Crippen molar-refractivity contribution in [1.29, 1.82) is 0 Å². The third-order valence-corrected chi connectivity index (χ3v) is 3.94. The van der Waals surface area contributed by atoms with Gasteiger partial charge in [-0.25, -0.2) is 9.59 Å². The van der Waals surface area contributed by atoms with E-state index in [-0.39, 0.29) is 12.8 Å². The lowest BCUT2D eigenvalue weighted by molar-refractivity contribution is -0.305. The number of methoxy groups -OCH3 is 2. The molecule has 1 amide bonds. The van der Waals surface area contributed by atoms with Gasteiger partial charge in [0, 0.05) is 20.1 Å². The lowest BCUT2D eigenvalue weighted by Crippen LogP contribution is -2.49. The summed E-state index contributed by atoms with van der Waals surface area (Å²) in [6.07, 6.45) is 1.75. The summed E-state index contributed by atoms with van der Waals surface area (Å²) in [7, 11) is 2.54. The fourth-order valence-electron chi connectivity index (χ4n) is 2.59. The minimum atomic E-state index is -1.73. The average Bonchev–Trinajstić information content (AvgIpc) is 2.62. The highest BCUT2D eigenvalue weighted by Crippen LogP contribution is 2.27. The molecule has 1 saturated heterocycles. The van der Waals surface area contributed by atoms with Crippen molar-refractivity contribution in [3.8, 4) is 0 Å². The maximum atomic E-state index is 12.3. The number of carbonyl (C=O) groups excluding carboxylic acids is 3. The molecule has 27 heavy (non-hydrogen) atoms. The van der Waals surface area contributed by atoms with Gasteiger partial charge in [-0.2, -0.15) is 0 Å². The van der Waals surface area contributed by atoms with E-state index in [2.05, 4.69) is 5.32 Å². The summed E-state index contributed by atoms with van der Waals surface area (Å²) in [5.41, 5.74) is -0.693. The van der Waals surface area contributed by atoms with Gasteiger partial charge in [0.1, 0.15) is 11.9 Å². The van der Waals surface area contributed by atoms with Crippen LogP contribution in [0.3, 0.4) is 0 Å². The third-order valence-electron chi connectivity index (χ3n) is 3.94. The molecule has 3 atom stereocenters. The summed E-state index contributed by atoms with van der Waals surface area (Å²) in [6.45, 7) is 5.68. The molecule has 1 aliphatic heterocycles. The van der Waals surface area contributed by atoms with Gasteiger partial charge < -0.3 is 33.8 Å². The van der Waals surface area contributed by atoms with Crippen LogP contribution < -0.4 is 5.32 Å². The van der Waals surface area contributed by atoms with Crippen molar-refractivity contribution in [2.75, 3.05) is 20.8 Å². The Kier molecular flexibility index (Phi) is 9.14. The quantitative estimate of drug-likeness (QED) is 0.362. The highest BCUT2D eigenvalue weighted by atomic mass is 16.8. The minimum absolute atomic E-state index is 0.0186. The smallest absolute Gasteiger partial charge is 0.408 e. The van der Waals surface area contributed by atoms with E-state index in [9.17, 15) is 14.4 Å². The Morgan fingerprint density at radius 3 is 2.44 bits per heavy atom. The first-order valence-corrected chi connectivity index (χ1v) is 9.03. The van der Waals surface area contributed by atoms with Crippen molar-refractivity contribution >= 4 is 18.3 Å². The highest BCUT2D eigenvalue weighted by molar-refractivity contribution is 5.78. The molecule has 9 heteroatoms. The zero-order valence-corrected chi connectivity index (χ0v) is 16.7. The van der Waals surface area contributed by atoms with Gasteiger partial charge in [-0.3, -0.25) is 0 Å². The van der Waals surface area contributed by atoms with E-state index >= 15 is 0 Å². The Morgan fingerprint density at radius 2 is 1.96 bits per heavy atom. The molecule has 0 saturated carbocycles. The van der Waals surface area contributed by atoms with Gasteiger partial charge in [-0.15, -0.1) is 0 Å². The van der Waals surface area contributed by atoms with Crippen LogP contribution in [0.25, 0.3) is 0 Å². The second-order valence-electron chi connectivity index (χ2n) is 7.29. The van der Waals surface area contributed by atoms with Gasteiger partial charge in [0.2, 0.25) is 0 Å². The van der Waals surface area contributed by atoms with Crippen LogP contribution in [0.5, 0.6) is 0 Å². The Bertz CT molecular complexity index is 498. The predicted molar refractivity (Wildman–Crippen MR) is 94.9 cm³/mol. The van der Waals surface area contributed by atoms with Crippen LogP contribution in [0.1, 0.15) is 52.9 Å². The number of hydrogen-bond acceptors (Lipinski definition) is 8. The van der Waals surface area contributed by atoms with Gasteiger partial charge in [-0.05, 0) is 46.5 Å². The molecule has 1 aliphatic rings. The first-order valence-electron chi connectivity index (χ1n) is 9.03. The lowest BCUT2D eigenvalue weighted by atomic mass is 10.1. The molecule has 0 bridgehead atoms. The molecule has 1 N–H and O–H groups in total. The van der Waals surface area contributed by atoms with E-state index in [1.807, 2.05) is 0 Å². The van der Waals surface area contributed by atoms with Crippen LogP contribution in [-0.2, 0) is 33.3 Å². The number of amides is 1. The molecule has 9 nitrogen and oxygen atoms in total. The summed E-state index contributed by atoms with van der Waals surface area (Å²) in [5, 5.41) is 2.46. The van der Waals surface area contributed by atoms with Crippen LogP contribution in [0.2, 0.25) is 0 Å². The van der Waals surface area contributed by atoms with Crippen LogP contribution in [-0.4, -0.2) is 62.9 Å². The Labute approximate surface area is 160 Å². The van der Waals surface area contributed by atoms with E-state index in [0.717, 1.165) is 12.8 Å². The summed E-state index contributed by atoms with van der Waals surface area (Å²) >= 11 is 0. The van der Waals surface area contributed by atoms with Crippen molar-refractivity contribution in [3.63, 3.8) is 0 Å². The maximum absolute atomic E-state index is 12.3. The monoisotopic (exact) mass is 389 g/mol. The Balaban J connectivity index is 2.76. The van der Waals surface area contributed by atoms with Gasteiger partial charge >= 0.3 is 12.1 Å². The molecule has 3 unspecified atom stereocenters. The van der Waals surface area contributed by atoms with E-state index in [1.54, 1.807) is 20.8 Å². The fraction of sp³-hybridized carbons (Fsp3) is 0.833. The molecule has 0 aromatic heterocycles. The van der Waals surface area contributed by atoms with Crippen LogP contribution in [0, 0.1) is 0 Å². The predicted octanol–water partition coefficient (Wildman–Crippen LogP) is 1.92. The van der Waals surface area contributed by atoms with Crippen LogP contribution in [0.15, 0.2) is 0 Å². The largest absolute Gasteiger partial charge is 0.465 e. The number of hydrogen-bond donors (Lipinski definition) is 1. The fourth-order valence-corrected chi connectivity index (χ4v) is 2.59. The number of alkyl carbamates (subject to hydrolysis) is 1. The molecule has 1 fully saturated rings. The normalized spacial score (nSPS) is 20.9. The van der Waals surface area contributed by atoms with Crippen LogP contribution >= 0.6 is 0 Å². The first kappa shape index (κ1) is 23.3. The minimum Gasteiger partial charge on any atom is -0.465 e. The lowest BCUT2D eigenvalue weighted by Gasteiger charge is -2.35. The molecule has 156 valence electrons. The van der Waals surface area contributed by atoms with E-state index in [1.165, 1.54) is 14.2 Å². The van der Waals surface area contributed by atoms with Gasteiger partial charge in [0.15, 0.2) is 6.29 Å². The van der Waals surface area contributed by atoms with Crippen molar-refractivity contribution in [2.24, 2.45) is 0 Å². The highest BCUT2D eigenvalue weighted by Gasteiger charge is 2.44. The van der Waals surface area contributed by atoms with Gasteiger partial charge in [0.25, 0.3) is 5.79 Å². The molecular formula is C18H31NO8. The SMILES string of the molecule is COC(=O)C(CCC(C=O)NC(=O)OC(C)(C)C)(OC)OC1CCCCO1. The first-order chi connectivity index (χ1) is 12.7. The van der Waals surface area contributed by atoms with Crippen molar-refractivity contribution in [1.82, 2.24) is 5.32 Å². The molecule has 0 aromatic rings. The number of aldehydes is 1. The Morgan fingerprint density at radius 1 is 1.26 bits per heavy atom. The zero-order valence-electron chi connectivity index (χ0n) is 16.7. The molecule has 0 radical (unpaired) electrons. The van der Waals surface area contributed by atoms with Gasteiger partial charge in [0.05, 0.1) is 13.2 Å². The second-order valence-corrected chi connectivity index (χ2v) is 7.29. The number of rotatable bonds is 9. The van der Waals surface area contributed by atoms with Crippen molar-refractivity contribution in [2.45, 2.75) is 76.6 Å². The topological polar surface area (TPSA) is 109 Å². The third kappa shape index (κ3) is 7.82. The molecular weight excluding hydrogens is 358 g/mol. The van der Waals surface area contributed by atoms with Crippen LogP contribution in [0.4, 0.5) is 4.79 Å². The van der Waals surface area contributed by atoms with Crippen molar-refractivity contribution in [3.05, 3.63) is 0 Å². The summed E-state index contributed by atoms with van der Waals surface area (Å²) < 4.78 is 26.6. The molecule has 0 spiro atoms. The summed E-state index contributed by atoms with van der Waals surface area (Å²) in [6, 6.07) is -0.880. The van der Waals surface area contributed by atoms with Crippen molar-refractivity contribution < 1.29 is 38.1 Å². The maximum Gasteiger partial charge on any atom is 0.408 e. The average molecular weight is 389 g/mol. The molecule has 0 aliphatic carbocycles. The number of carbonyl (C=O) groups is 3. The standard InChI is InChI=1S/C18H31NO8/c1-17(2,3)27-16(22)19-13(12-20)9-10-18(24-5,15(21)23-4)26-14-8-6-7-11-25-14/h12-14H,6-11H2,1-5H3,(H,19,22). The number of ether oxygens (including phenoxy) is 5. The molecule has 1 heterocycles. The number of nitrogens with one attached hydrogen (secondary N) is 1. The molecule has 1 rings (SSSR count). The van der Waals surface area contributed by atoms with E-state index in [0.29, 0.717) is 19.3 Å². The second kappa shape index (κ2) is 10.6. The summed E-state index contributed by atoms with van der Waals surface area (Å²) in [4.78, 5) is 35.5. The Hall–Kier alpha value is -1.71. The molecule has 0 aromatic carbocycles.